The number of anilines is 3. The van der Waals surface area contributed by atoms with Crippen molar-refractivity contribution in [2.45, 2.75) is 26.2 Å². The summed E-state index contributed by atoms with van der Waals surface area (Å²) in [6, 6.07) is 18.5. The molecule has 0 saturated heterocycles. The van der Waals surface area contributed by atoms with E-state index >= 15 is 0 Å². The molecule has 4 rings (SSSR count). The predicted octanol–water partition coefficient (Wildman–Crippen LogP) is 5.03. The molecule has 0 aliphatic carbocycles. The third kappa shape index (κ3) is 4.50. The first-order chi connectivity index (χ1) is 14.1. The summed E-state index contributed by atoms with van der Waals surface area (Å²) in [7, 11) is 1.70. The van der Waals surface area contributed by atoms with E-state index in [9.17, 15) is 0 Å². The van der Waals surface area contributed by atoms with Crippen LogP contribution in [0.2, 0.25) is 0 Å². The molecule has 0 bridgehead atoms. The Hall–Kier alpha value is -3.08. The van der Waals surface area contributed by atoms with Gasteiger partial charge < -0.3 is 15.0 Å². The van der Waals surface area contributed by atoms with Gasteiger partial charge in [0.25, 0.3) is 0 Å². The number of nitrogens with zero attached hydrogens (tertiary/aromatic N) is 3. The molecule has 1 N–H and O–H groups in total. The topological polar surface area (TPSA) is 50.3 Å². The Morgan fingerprint density at radius 1 is 1.10 bits per heavy atom. The highest BCUT2D eigenvalue weighted by atomic mass is 16.5. The predicted molar refractivity (Wildman–Crippen MR) is 118 cm³/mol. The molecule has 0 spiro atoms. The second-order valence-corrected chi connectivity index (χ2v) is 8.01. The highest BCUT2D eigenvalue weighted by Crippen LogP contribution is 2.34. The molecule has 2 heterocycles. The van der Waals surface area contributed by atoms with E-state index in [1.165, 1.54) is 11.1 Å². The summed E-state index contributed by atoms with van der Waals surface area (Å²) in [6.07, 6.45) is 2.93. The zero-order chi connectivity index (χ0) is 20.2. The maximum Gasteiger partial charge on any atom is 0.229 e. The Morgan fingerprint density at radius 2 is 1.86 bits per heavy atom. The molecule has 150 valence electrons. The number of rotatable bonds is 6. The van der Waals surface area contributed by atoms with E-state index in [1.54, 1.807) is 7.11 Å². The quantitative estimate of drug-likeness (QED) is 0.642. The van der Waals surface area contributed by atoms with Crippen LogP contribution < -0.4 is 15.0 Å². The average Bonchev–Trinajstić information content (AvgIpc) is 2.74. The van der Waals surface area contributed by atoms with Crippen molar-refractivity contribution >= 4 is 17.5 Å². The molecule has 1 unspecified atom stereocenters. The standard InChI is InChI=1S/C24H28N4O/c1-17(2)15-28-16-20(18-9-11-22(29-3)12-10-18)13-19-14-25-24(27-23(19)28)26-21-7-5-4-6-8-21/h4-12,14,17,20H,13,15-16H2,1-3H3,(H,25,26,27). The highest BCUT2D eigenvalue weighted by molar-refractivity contribution is 5.58. The number of hydrogen-bond acceptors (Lipinski definition) is 5. The van der Waals surface area contributed by atoms with Crippen LogP contribution in [0, 0.1) is 5.92 Å². The lowest BCUT2D eigenvalue weighted by atomic mass is 9.88. The van der Waals surface area contributed by atoms with Crippen molar-refractivity contribution in [2.24, 2.45) is 5.92 Å². The van der Waals surface area contributed by atoms with Crippen LogP contribution in [0.25, 0.3) is 0 Å². The van der Waals surface area contributed by atoms with Crippen molar-refractivity contribution in [3.63, 3.8) is 0 Å². The summed E-state index contributed by atoms with van der Waals surface area (Å²) in [5, 5.41) is 3.32. The van der Waals surface area contributed by atoms with Crippen molar-refractivity contribution < 1.29 is 4.74 Å². The summed E-state index contributed by atoms with van der Waals surface area (Å²) in [5.41, 5.74) is 3.53. The Kier molecular flexibility index (Phi) is 5.65. The monoisotopic (exact) mass is 388 g/mol. The van der Waals surface area contributed by atoms with Gasteiger partial charge in [0.2, 0.25) is 5.95 Å². The lowest BCUT2D eigenvalue weighted by Gasteiger charge is -2.36. The number of aromatic nitrogens is 2. The molecular weight excluding hydrogens is 360 g/mol. The van der Waals surface area contributed by atoms with Gasteiger partial charge in [-0.25, -0.2) is 4.98 Å². The molecule has 29 heavy (non-hydrogen) atoms. The minimum Gasteiger partial charge on any atom is -0.497 e. The lowest BCUT2D eigenvalue weighted by Crippen LogP contribution is -2.37. The van der Waals surface area contributed by atoms with Crippen molar-refractivity contribution in [3.8, 4) is 5.75 Å². The molecule has 1 aliphatic heterocycles. The largest absolute Gasteiger partial charge is 0.497 e. The number of para-hydroxylation sites is 1. The molecule has 0 radical (unpaired) electrons. The minimum atomic E-state index is 0.420. The zero-order valence-corrected chi connectivity index (χ0v) is 17.3. The minimum absolute atomic E-state index is 0.420. The molecule has 5 nitrogen and oxygen atoms in total. The van der Waals surface area contributed by atoms with E-state index in [0.717, 1.165) is 36.8 Å². The van der Waals surface area contributed by atoms with Crippen LogP contribution in [0.4, 0.5) is 17.5 Å². The SMILES string of the molecule is COc1ccc(C2Cc3cnc(Nc4ccccc4)nc3N(CC(C)C)C2)cc1. The maximum atomic E-state index is 5.31. The van der Waals surface area contributed by atoms with Gasteiger partial charge in [0.15, 0.2) is 0 Å². The Morgan fingerprint density at radius 3 is 2.55 bits per heavy atom. The number of ether oxygens (including phenoxy) is 1. The number of nitrogens with one attached hydrogen (secondary N) is 1. The fraction of sp³-hybridized carbons (Fsp3) is 0.333. The fourth-order valence-corrected chi connectivity index (χ4v) is 3.91. The van der Waals surface area contributed by atoms with Crippen LogP contribution in [0.5, 0.6) is 5.75 Å². The van der Waals surface area contributed by atoms with E-state index in [-0.39, 0.29) is 0 Å². The highest BCUT2D eigenvalue weighted by Gasteiger charge is 2.28. The fourth-order valence-electron chi connectivity index (χ4n) is 3.91. The van der Waals surface area contributed by atoms with E-state index in [2.05, 4.69) is 41.2 Å². The maximum absolute atomic E-state index is 5.31. The van der Waals surface area contributed by atoms with Gasteiger partial charge in [0.1, 0.15) is 11.6 Å². The Labute approximate surface area is 172 Å². The van der Waals surface area contributed by atoms with Gasteiger partial charge in [-0.3, -0.25) is 0 Å². The number of benzene rings is 2. The van der Waals surface area contributed by atoms with Crippen molar-refractivity contribution in [3.05, 3.63) is 71.9 Å². The Bertz CT molecular complexity index is 941. The summed E-state index contributed by atoms with van der Waals surface area (Å²) in [5.74, 6) is 3.56. The third-order valence-electron chi connectivity index (χ3n) is 5.25. The molecule has 1 atom stereocenters. The van der Waals surface area contributed by atoms with Crippen molar-refractivity contribution in [2.75, 3.05) is 30.4 Å². The summed E-state index contributed by atoms with van der Waals surface area (Å²) in [6.45, 7) is 6.43. The second kappa shape index (κ2) is 8.52. The van der Waals surface area contributed by atoms with Gasteiger partial charge in [-0.15, -0.1) is 0 Å². The molecule has 1 aromatic heterocycles. The van der Waals surface area contributed by atoms with Crippen molar-refractivity contribution in [1.82, 2.24) is 9.97 Å². The molecular formula is C24H28N4O. The van der Waals surface area contributed by atoms with E-state index in [1.807, 2.05) is 48.7 Å². The van der Waals surface area contributed by atoms with Gasteiger partial charge in [0, 0.05) is 36.5 Å². The molecule has 2 aromatic carbocycles. The van der Waals surface area contributed by atoms with Gasteiger partial charge in [-0.05, 0) is 42.2 Å². The molecule has 0 amide bonds. The van der Waals surface area contributed by atoms with Crippen LogP contribution >= 0.6 is 0 Å². The number of hydrogen-bond donors (Lipinski definition) is 1. The third-order valence-corrected chi connectivity index (χ3v) is 5.25. The van der Waals surface area contributed by atoms with Crippen LogP contribution in [0.3, 0.4) is 0 Å². The molecule has 0 saturated carbocycles. The normalized spacial score (nSPS) is 15.9. The first-order valence-electron chi connectivity index (χ1n) is 10.2. The van der Waals surface area contributed by atoms with Gasteiger partial charge in [-0.2, -0.15) is 4.98 Å². The van der Waals surface area contributed by atoms with Crippen LogP contribution in [-0.4, -0.2) is 30.2 Å². The first-order valence-corrected chi connectivity index (χ1v) is 10.2. The van der Waals surface area contributed by atoms with Crippen LogP contribution in [-0.2, 0) is 6.42 Å². The van der Waals surface area contributed by atoms with E-state index < -0.39 is 0 Å². The zero-order valence-electron chi connectivity index (χ0n) is 17.3. The molecule has 5 heteroatoms. The smallest absolute Gasteiger partial charge is 0.229 e. The number of methoxy groups -OCH3 is 1. The van der Waals surface area contributed by atoms with Gasteiger partial charge in [0.05, 0.1) is 7.11 Å². The second-order valence-electron chi connectivity index (χ2n) is 8.01. The van der Waals surface area contributed by atoms with Crippen LogP contribution in [0.1, 0.15) is 30.9 Å². The van der Waals surface area contributed by atoms with Crippen molar-refractivity contribution in [1.29, 1.82) is 0 Å². The average molecular weight is 389 g/mol. The van der Waals surface area contributed by atoms with E-state index in [4.69, 9.17) is 9.72 Å². The first kappa shape index (κ1) is 19.2. The lowest BCUT2D eigenvalue weighted by molar-refractivity contribution is 0.414. The van der Waals surface area contributed by atoms with Gasteiger partial charge in [-0.1, -0.05) is 44.2 Å². The summed E-state index contributed by atoms with van der Waals surface area (Å²) in [4.78, 5) is 11.9. The molecule has 0 fully saturated rings. The number of fused-ring (bicyclic) bond motifs is 1. The van der Waals surface area contributed by atoms with Crippen LogP contribution in [0.15, 0.2) is 60.8 Å². The van der Waals surface area contributed by atoms with Gasteiger partial charge >= 0.3 is 0 Å². The molecule has 3 aromatic rings. The summed E-state index contributed by atoms with van der Waals surface area (Å²) >= 11 is 0. The molecule has 1 aliphatic rings. The summed E-state index contributed by atoms with van der Waals surface area (Å²) < 4.78 is 5.31. The Balaban J connectivity index is 1.61. The van der Waals surface area contributed by atoms with E-state index in [0.29, 0.717) is 17.8 Å².